The summed E-state index contributed by atoms with van der Waals surface area (Å²) < 4.78 is 5.56. The maximum atomic E-state index is 13.6. The Morgan fingerprint density at radius 2 is 2.13 bits per heavy atom. The van der Waals surface area contributed by atoms with E-state index in [-0.39, 0.29) is 11.3 Å². The van der Waals surface area contributed by atoms with Crippen LogP contribution in [-0.2, 0) is 16.1 Å². The molecule has 2 aliphatic heterocycles. The molecular weight excluding hydrogens is 396 g/mol. The van der Waals surface area contributed by atoms with Gasteiger partial charge in [0.2, 0.25) is 5.91 Å². The molecule has 1 N–H and O–H groups in total. The lowest BCUT2D eigenvalue weighted by Gasteiger charge is -2.53. The minimum atomic E-state index is -0.242. The van der Waals surface area contributed by atoms with Crippen LogP contribution in [0.4, 0.5) is 0 Å². The smallest absolute Gasteiger partial charge is 0.228 e. The van der Waals surface area contributed by atoms with Crippen LogP contribution in [0.2, 0.25) is 0 Å². The molecule has 0 aromatic carbocycles. The molecule has 0 bridgehead atoms. The first kappa shape index (κ1) is 22.2. The van der Waals surface area contributed by atoms with E-state index >= 15 is 0 Å². The number of nitrogens with zero attached hydrogens (tertiary/aromatic N) is 3. The molecule has 3 heterocycles. The molecule has 3 atom stereocenters. The van der Waals surface area contributed by atoms with Crippen LogP contribution in [0.3, 0.4) is 0 Å². The van der Waals surface area contributed by atoms with Crippen LogP contribution in [0.5, 0.6) is 0 Å². The molecule has 0 spiro atoms. The van der Waals surface area contributed by atoms with Crippen LogP contribution in [0, 0.1) is 11.3 Å². The normalized spacial score (nSPS) is 30.9. The Bertz CT molecular complexity index is 718. The van der Waals surface area contributed by atoms with Gasteiger partial charge in [0.05, 0.1) is 35.9 Å². The molecule has 1 saturated carbocycles. The maximum Gasteiger partial charge on any atom is 0.228 e. The molecule has 1 aromatic heterocycles. The zero-order valence-corrected chi connectivity index (χ0v) is 19.7. The number of hydrogen-bond donors (Lipinski definition) is 1. The summed E-state index contributed by atoms with van der Waals surface area (Å²) in [5.74, 6) is 1.17. The molecule has 0 unspecified atom stereocenters. The highest BCUT2D eigenvalue weighted by Gasteiger charge is 2.52. The number of hydrogen-bond acceptors (Lipinski definition) is 6. The average Bonchev–Trinajstić information content (AvgIpc) is 3.26. The third-order valence-electron chi connectivity index (χ3n) is 7.52. The van der Waals surface area contributed by atoms with Gasteiger partial charge in [-0.15, -0.1) is 11.3 Å². The Balaban J connectivity index is 1.44. The molecule has 0 radical (unpaired) electrons. The lowest BCUT2D eigenvalue weighted by Crippen LogP contribution is -2.60. The number of piperidine rings is 1. The monoisotopic (exact) mass is 434 g/mol. The Hall–Kier alpha value is -1.02. The molecular formula is C23H38N4O2S. The molecule has 4 rings (SSSR count). The highest BCUT2D eigenvalue weighted by molar-refractivity contribution is 7.09. The zero-order chi connectivity index (χ0) is 21.1. The van der Waals surface area contributed by atoms with E-state index in [1.165, 1.54) is 0 Å². The zero-order valence-electron chi connectivity index (χ0n) is 18.9. The predicted octanol–water partition coefficient (Wildman–Crippen LogP) is 3.10. The van der Waals surface area contributed by atoms with Crippen molar-refractivity contribution in [1.82, 2.24) is 20.1 Å². The number of carbonyl (C=O) groups excluding carboxylic acids is 1. The second kappa shape index (κ2) is 9.63. The highest BCUT2D eigenvalue weighted by atomic mass is 32.1. The fourth-order valence-corrected chi connectivity index (χ4v) is 6.48. The first-order valence-corrected chi connectivity index (χ1v) is 12.7. The molecule has 7 heteroatoms. The second-order valence-electron chi connectivity index (χ2n) is 9.60. The van der Waals surface area contributed by atoms with Crippen LogP contribution in [-0.4, -0.2) is 72.7 Å². The Labute approximate surface area is 185 Å². The van der Waals surface area contributed by atoms with Crippen molar-refractivity contribution >= 4 is 17.2 Å². The number of amides is 1. The third kappa shape index (κ3) is 4.59. The summed E-state index contributed by atoms with van der Waals surface area (Å²) in [5, 5.41) is 6.54. The van der Waals surface area contributed by atoms with Crippen LogP contribution in [0.15, 0.2) is 5.38 Å². The van der Waals surface area contributed by atoms with E-state index in [2.05, 4.69) is 41.3 Å². The average molecular weight is 435 g/mol. The number of nitrogens with one attached hydrogen (secondary N) is 1. The largest absolute Gasteiger partial charge is 0.379 e. The number of morpholine rings is 1. The van der Waals surface area contributed by atoms with E-state index in [1.54, 1.807) is 11.3 Å². The summed E-state index contributed by atoms with van der Waals surface area (Å²) >= 11 is 1.70. The molecule has 1 amide bonds. The first-order chi connectivity index (χ1) is 14.5. The minimum absolute atomic E-state index is 0.242. The second-order valence-corrected chi connectivity index (χ2v) is 10.5. The predicted molar refractivity (Wildman–Crippen MR) is 121 cm³/mol. The van der Waals surface area contributed by atoms with Gasteiger partial charge >= 0.3 is 0 Å². The summed E-state index contributed by atoms with van der Waals surface area (Å²) in [4.78, 5) is 23.4. The van der Waals surface area contributed by atoms with Gasteiger partial charge in [0, 0.05) is 37.0 Å². The van der Waals surface area contributed by atoms with Crippen molar-refractivity contribution in [2.45, 2.75) is 65.0 Å². The molecule has 1 aromatic rings. The van der Waals surface area contributed by atoms with Crippen LogP contribution >= 0.6 is 11.3 Å². The minimum Gasteiger partial charge on any atom is -0.379 e. The van der Waals surface area contributed by atoms with Crippen LogP contribution in [0.25, 0.3) is 0 Å². The highest BCUT2D eigenvalue weighted by Crippen LogP contribution is 2.48. The number of carbonyl (C=O) groups is 1. The van der Waals surface area contributed by atoms with Gasteiger partial charge in [-0.1, -0.05) is 20.8 Å². The van der Waals surface area contributed by atoms with Gasteiger partial charge in [0.15, 0.2) is 0 Å². The van der Waals surface area contributed by atoms with Gasteiger partial charge in [0.25, 0.3) is 0 Å². The molecule has 6 nitrogen and oxygen atoms in total. The van der Waals surface area contributed by atoms with Gasteiger partial charge in [-0.3, -0.25) is 9.69 Å². The molecule has 168 valence electrons. The molecule has 1 aliphatic carbocycles. The van der Waals surface area contributed by atoms with Crippen molar-refractivity contribution < 1.29 is 9.53 Å². The molecule has 30 heavy (non-hydrogen) atoms. The van der Waals surface area contributed by atoms with Gasteiger partial charge in [-0.05, 0) is 44.7 Å². The van der Waals surface area contributed by atoms with Crippen molar-refractivity contribution in [3.8, 4) is 0 Å². The van der Waals surface area contributed by atoms with E-state index in [0.717, 1.165) is 82.3 Å². The maximum absolute atomic E-state index is 13.6. The van der Waals surface area contributed by atoms with Gasteiger partial charge in [-0.2, -0.15) is 0 Å². The molecule has 3 aliphatic rings. The lowest BCUT2D eigenvalue weighted by atomic mass is 9.61. The third-order valence-corrected chi connectivity index (χ3v) is 8.71. The quantitative estimate of drug-likeness (QED) is 0.746. The topological polar surface area (TPSA) is 57.7 Å². The number of thiazole rings is 1. The summed E-state index contributed by atoms with van der Waals surface area (Å²) in [6, 6.07) is 0.611. The van der Waals surface area contributed by atoms with E-state index in [9.17, 15) is 4.79 Å². The first-order valence-electron chi connectivity index (χ1n) is 11.8. The Morgan fingerprint density at radius 1 is 1.33 bits per heavy atom. The molecule has 2 saturated heterocycles. The number of rotatable bonds is 6. The van der Waals surface area contributed by atoms with Crippen molar-refractivity contribution in [1.29, 1.82) is 0 Å². The summed E-state index contributed by atoms with van der Waals surface area (Å²) in [7, 11) is 0. The molecule has 3 fully saturated rings. The SMILES string of the molecule is CCN1CC[C@@H]2C[C@@H](N3CCOCC3)CC[C@@]2(C(=O)NCc2csc(C(C)C)n2)C1. The number of likely N-dealkylation sites (tertiary alicyclic amines) is 1. The van der Waals surface area contributed by atoms with Gasteiger partial charge < -0.3 is 15.0 Å². The van der Waals surface area contributed by atoms with Crippen LogP contribution < -0.4 is 5.32 Å². The standard InChI is InChI=1S/C23H38N4O2S/c1-4-26-8-6-18-13-20(27-9-11-29-12-10-27)5-7-23(18,16-26)22(28)24-14-19-15-30-21(25-19)17(2)3/h15,17-18,20H,4-14,16H2,1-3H3,(H,24,28)/t18-,20+,23-/m1/s1. The van der Waals surface area contributed by atoms with Gasteiger partial charge in [0.1, 0.15) is 0 Å². The van der Waals surface area contributed by atoms with E-state index in [0.29, 0.717) is 24.4 Å². The van der Waals surface area contributed by atoms with Crippen LogP contribution in [0.1, 0.15) is 63.1 Å². The summed E-state index contributed by atoms with van der Waals surface area (Å²) in [6.07, 6.45) is 4.40. The fraction of sp³-hybridized carbons (Fsp3) is 0.826. The van der Waals surface area contributed by atoms with Crippen molar-refractivity contribution in [2.24, 2.45) is 11.3 Å². The number of aromatic nitrogens is 1. The van der Waals surface area contributed by atoms with E-state index in [4.69, 9.17) is 9.72 Å². The van der Waals surface area contributed by atoms with E-state index < -0.39 is 0 Å². The van der Waals surface area contributed by atoms with Crippen molar-refractivity contribution in [3.05, 3.63) is 16.1 Å². The van der Waals surface area contributed by atoms with Crippen molar-refractivity contribution in [3.63, 3.8) is 0 Å². The van der Waals surface area contributed by atoms with Crippen molar-refractivity contribution in [2.75, 3.05) is 45.9 Å². The summed E-state index contributed by atoms with van der Waals surface area (Å²) in [6.45, 7) is 13.9. The van der Waals surface area contributed by atoms with Gasteiger partial charge in [-0.25, -0.2) is 4.98 Å². The fourth-order valence-electron chi connectivity index (χ4n) is 5.65. The number of ether oxygens (including phenoxy) is 1. The Morgan fingerprint density at radius 3 is 2.83 bits per heavy atom. The number of fused-ring (bicyclic) bond motifs is 1. The lowest BCUT2D eigenvalue weighted by molar-refractivity contribution is -0.145. The van der Waals surface area contributed by atoms with E-state index in [1.807, 2.05) is 0 Å². The Kier molecular flexibility index (Phi) is 7.12. The summed E-state index contributed by atoms with van der Waals surface area (Å²) in [5.41, 5.74) is 0.753.